The van der Waals surface area contributed by atoms with Gasteiger partial charge in [-0.2, -0.15) is 0 Å². The van der Waals surface area contributed by atoms with Gasteiger partial charge in [-0.3, -0.25) is 9.36 Å². The average molecular weight is 299 g/mol. The summed E-state index contributed by atoms with van der Waals surface area (Å²) < 4.78 is 27.4. The molecule has 0 fully saturated rings. The van der Waals surface area contributed by atoms with Crippen molar-refractivity contribution in [2.45, 2.75) is 4.90 Å². The van der Waals surface area contributed by atoms with Crippen molar-refractivity contribution in [3.8, 4) is 0 Å². The SMILES string of the molecule is Cl.Cn1cc(S(=O)(=O)NCCN)c(=O)n(C)c1=O. The van der Waals surface area contributed by atoms with Gasteiger partial charge in [-0.05, 0) is 0 Å². The van der Waals surface area contributed by atoms with Crippen molar-refractivity contribution in [1.29, 1.82) is 0 Å². The molecular weight excluding hydrogens is 284 g/mol. The lowest BCUT2D eigenvalue weighted by molar-refractivity contribution is 0.571. The van der Waals surface area contributed by atoms with Crippen molar-refractivity contribution >= 4 is 22.4 Å². The van der Waals surface area contributed by atoms with E-state index in [1.165, 1.54) is 14.1 Å². The van der Waals surface area contributed by atoms with Crippen molar-refractivity contribution in [1.82, 2.24) is 13.9 Å². The van der Waals surface area contributed by atoms with Gasteiger partial charge in [0.1, 0.15) is 0 Å². The molecule has 1 aromatic rings. The summed E-state index contributed by atoms with van der Waals surface area (Å²) in [6.07, 6.45) is 0.990. The van der Waals surface area contributed by atoms with E-state index in [4.69, 9.17) is 5.73 Å². The van der Waals surface area contributed by atoms with E-state index in [2.05, 4.69) is 4.72 Å². The van der Waals surface area contributed by atoms with E-state index in [1.807, 2.05) is 0 Å². The van der Waals surface area contributed by atoms with E-state index < -0.39 is 26.2 Å². The van der Waals surface area contributed by atoms with Crippen molar-refractivity contribution in [3.63, 3.8) is 0 Å². The predicted molar refractivity (Wildman–Crippen MR) is 68.4 cm³/mol. The fraction of sp³-hybridized carbons (Fsp3) is 0.500. The zero-order valence-corrected chi connectivity index (χ0v) is 11.5. The van der Waals surface area contributed by atoms with Gasteiger partial charge < -0.3 is 10.3 Å². The number of nitrogens with zero attached hydrogens (tertiary/aromatic N) is 2. The van der Waals surface area contributed by atoms with E-state index in [9.17, 15) is 18.0 Å². The second-order valence-electron chi connectivity index (χ2n) is 3.44. The molecule has 18 heavy (non-hydrogen) atoms. The fourth-order valence-electron chi connectivity index (χ4n) is 1.23. The summed E-state index contributed by atoms with van der Waals surface area (Å²) in [5.41, 5.74) is 3.72. The van der Waals surface area contributed by atoms with Gasteiger partial charge in [-0.1, -0.05) is 0 Å². The Labute approximate surface area is 110 Å². The van der Waals surface area contributed by atoms with Crippen LogP contribution in [0.5, 0.6) is 0 Å². The molecule has 0 bridgehead atoms. The standard InChI is InChI=1S/C8H14N4O4S.ClH/c1-11-5-6(7(13)12(2)8(11)14)17(15,16)10-4-3-9;/h5,10H,3-4,9H2,1-2H3;1H. The Morgan fingerprint density at radius 1 is 1.33 bits per heavy atom. The minimum absolute atomic E-state index is 0. The molecule has 0 amide bonds. The number of halogens is 1. The molecule has 0 unspecified atom stereocenters. The highest BCUT2D eigenvalue weighted by Crippen LogP contribution is 1.98. The second kappa shape index (κ2) is 6.14. The quantitative estimate of drug-likeness (QED) is 0.651. The summed E-state index contributed by atoms with van der Waals surface area (Å²) in [4.78, 5) is 22.5. The molecule has 0 aliphatic heterocycles. The number of rotatable bonds is 4. The van der Waals surface area contributed by atoms with Crippen LogP contribution in [0.3, 0.4) is 0 Å². The van der Waals surface area contributed by atoms with Gasteiger partial charge in [0.15, 0.2) is 4.90 Å². The molecule has 0 atom stereocenters. The lowest BCUT2D eigenvalue weighted by Crippen LogP contribution is -2.42. The topological polar surface area (TPSA) is 116 Å². The fourth-order valence-corrected chi connectivity index (χ4v) is 2.44. The van der Waals surface area contributed by atoms with Gasteiger partial charge in [0, 0.05) is 33.4 Å². The molecule has 1 aromatic heterocycles. The first-order valence-corrected chi connectivity index (χ1v) is 6.26. The van der Waals surface area contributed by atoms with Crippen LogP contribution in [0.25, 0.3) is 0 Å². The molecule has 0 saturated heterocycles. The van der Waals surface area contributed by atoms with Crippen LogP contribution in [0.2, 0.25) is 0 Å². The summed E-state index contributed by atoms with van der Waals surface area (Å²) in [6.45, 7) is 0.139. The van der Waals surface area contributed by atoms with E-state index in [-0.39, 0.29) is 25.5 Å². The van der Waals surface area contributed by atoms with Crippen LogP contribution in [0.4, 0.5) is 0 Å². The van der Waals surface area contributed by atoms with Crippen LogP contribution in [-0.2, 0) is 24.1 Å². The number of hydrogen-bond acceptors (Lipinski definition) is 5. The first-order chi connectivity index (χ1) is 7.81. The summed E-state index contributed by atoms with van der Waals surface area (Å²) in [5.74, 6) is 0. The van der Waals surface area contributed by atoms with Crippen LogP contribution in [0.1, 0.15) is 0 Å². The zero-order valence-electron chi connectivity index (χ0n) is 9.91. The van der Waals surface area contributed by atoms with Gasteiger partial charge in [-0.25, -0.2) is 17.9 Å². The molecule has 8 nitrogen and oxygen atoms in total. The Bertz CT molecular complexity index is 633. The van der Waals surface area contributed by atoms with Crippen molar-refractivity contribution in [2.75, 3.05) is 13.1 Å². The smallest absolute Gasteiger partial charge is 0.329 e. The largest absolute Gasteiger partial charge is 0.330 e. The number of aryl methyl sites for hydroxylation is 1. The van der Waals surface area contributed by atoms with E-state index >= 15 is 0 Å². The van der Waals surface area contributed by atoms with Gasteiger partial charge in [-0.15, -0.1) is 12.4 Å². The van der Waals surface area contributed by atoms with Crippen LogP contribution in [-0.4, -0.2) is 30.6 Å². The Morgan fingerprint density at radius 3 is 2.39 bits per heavy atom. The van der Waals surface area contributed by atoms with Crippen molar-refractivity contribution in [2.24, 2.45) is 19.8 Å². The maximum atomic E-state index is 11.7. The van der Waals surface area contributed by atoms with Gasteiger partial charge in [0.25, 0.3) is 5.56 Å². The molecule has 1 heterocycles. The Balaban J connectivity index is 0.00000289. The maximum absolute atomic E-state index is 11.7. The Morgan fingerprint density at radius 2 is 1.89 bits per heavy atom. The Hall–Kier alpha value is -1.16. The van der Waals surface area contributed by atoms with Gasteiger partial charge in [0.2, 0.25) is 10.0 Å². The summed E-state index contributed by atoms with van der Waals surface area (Å²) in [7, 11) is -1.36. The molecule has 104 valence electrons. The minimum atomic E-state index is -3.94. The first kappa shape index (κ1) is 16.8. The predicted octanol–water partition coefficient (Wildman–Crippen LogP) is -2.26. The summed E-state index contributed by atoms with van der Waals surface area (Å²) >= 11 is 0. The molecule has 0 radical (unpaired) electrons. The number of hydrogen-bond donors (Lipinski definition) is 2. The van der Waals surface area contributed by atoms with Gasteiger partial charge in [0.05, 0.1) is 0 Å². The van der Waals surface area contributed by atoms with Crippen LogP contribution < -0.4 is 21.7 Å². The summed E-state index contributed by atoms with van der Waals surface area (Å²) in [5, 5.41) is 0. The van der Waals surface area contributed by atoms with E-state index in [0.29, 0.717) is 0 Å². The highest BCUT2D eigenvalue weighted by Gasteiger charge is 2.20. The lowest BCUT2D eigenvalue weighted by atomic mass is 10.6. The lowest BCUT2D eigenvalue weighted by Gasteiger charge is -2.08. The highest BCUT2D eigenvalue weighted by molar-refractivity contribution is 7.89. The highest BCUT2D eigenvalue weighted by atomic mass is 35.5. The Kier molecular flexibility index (Phi) is 5.74. The monoisotopic (exact) mass is 298 g/mol. The molecule has 1 rings (SSSR count). The molecule has 0 saturated carbocycles. The molecule has 3 N–H and O–H groups in total. The van der Waals surface area contributed by atoms with Crippen molar-refractivity contribution < 1.29 is 8.42 Å². The number of nitrogens with one attached hydrogen (secondary N) is 1. The number of aromatic nitrogens is 2. The van der Waals surface area contributed by atoms with Gasteiger partial charge >= 0.3 is 5.69 Å². The molecule has 0 aliphatic carbocycles. The van der Waals surface area contributed by atoms with Crippen LogP contribution >= 0.6 is 12.4 Å². The van der Waals surface area contributed by atoms with Crippen LogP contribution in [0, 0.1) is 0 Å². The maximum Gasteiger partial charge on any atom is 0.330 e. The zero-order chi connectivity index (χ0) is 13.2. The first-order valence-electron chi connectivity index (χ1n) is 4.77. The molecule has 0 aliphatic rings. The number of sulfonamides is 1. The second-order valence-corrected chi connectivity index (χ2v) is 5.17. The minimum Gasteiger partial charge on any atom is -0.329 e. The molecule has 0 aromatic carbocycles. The van der Waals surface area contributed by atoms with E-state index in [0.717, 1.165) is 15.3 Å². The third-order valence-electron chi connectivity index (χ3n) is 2.14. The van der Waals surface area contributed by atoms with E-state index in [1.54, 1.807) is 0 Å². The molecule has 0 spiro atoms. The average Bonchev–Trinajstić information content (AvgIpc) is 2.28. The summed E-state index contributed by atoms with van der Waals surface area (Å²) in [6, 6.07) is 0. The normalized spacial score (nSPS) is 11.1. The number of nitrogens with two attached hydrogens (primary N) is 1. The third-order valence-corrected chi connectivity index (χ3v) is 3.58. The third kappa shape index (κ3) is 3.19. The van der Waals surface area contributed by atoms with Crippen LogP contribution in [0.15, 0.2) is 20.7 Å². The molecule has 10 heteroatoms. The molecular formula is C8H15ClN4O4S. The van der Waals surface area contributed by atoms with Crippen molar-refractivity contribution in [3.05, 3.63) is 27.0 Å².